The smallest absolute Gasteiger partial charge is 0.239 e. The van der Waals surface area contributed by atoms with Gasteiger partial charge in [-0.05, 0) is 32.9 Å². The standard InChI is InChI=1S/C18H23N3O4/c1-13(23)14-5-4-6-15(11-14)19-16(24)18(2,3)17(25)21-9-7-20(12-22)8-10-21/h4-6,11-12H,7-10H2,1-3H3,(H,19,24). The Bertz CT molecular complexity index is 691. The Morgan fingerprint density at radius 1 is 1.12 bits per heavy atom. The normalized spacial score (nSPS) is 14.8. The molecule has 25 heavy (non-hydrogen) atoms. The molecule has 3 amide bonds. The van der Waals surface area contributed by atoms with Crippen LogP contribution in [0.15, 0.2) is 24.3 Å². The van der Waals surface area contributed by atoms with E-state index in [4.69, 9.17) is 0 Å². The maximum Gasteiger partial charge on any atom is 0.239 e. The van der Waals surface area contributed by atoms with Gasteiger partial charge in [-0.15, -0.1) is 0 Å². The van der Waals surface area contributed by atoms with Crippen LogP contribution in [0.4, 0.5) is 5.69 Å². The van der Waals surface area contributed by atoms with Crippen LogP contribution in [-0.4, -0.2) is 60.0 Å². The predicted molar refractivity (Wildman–Crippen MR) is 93.1 cm³/mol. The quantitative estimate of drug-likeness (QED) is 0.493. The summed E-state index contributed by atoms with van der Waals surface area (Å²) in [4.78, 5) is 50.7. The average Bonchev–Trinajstić information content (AvgIpc) is 2.61. The highest BCUT2D eigenvalue weighted by molar-refractivity contribution is 6.10. The molecule has 1 heterocycles. The summed E-state index contributed by atoms with van der Waals surface area (Å²) in [7, 11) is 0. The van der Waals surface area contributed by atoms with E-state index in [2.05, 4.69) is 5.32 Å². The maximum absolute atomic E-state index is 12.7. The van der Waals surface area contributed by atoms with Crippen molar-refractivity contribution in [3.63, 3.8) is 0 Å². The molecular formula is C18H23N3O4. The van der Waals surface area contributed by atoms with E-state index < -0.39 is 11.3 Å². The van der Waals surface area contributed by atoms with Gasteiger partial charge in [0.05, 0.1) is 0 Å². The summed E-state index contributed by atoms with van der Waals surface area (Å²) in [5.41, 5.74) is -0.286. The van der Waals surface area contributed by atoms with Crippen LogP contribution in [0.3, 0.4) is 0 Å². The third-order valence-corrected chi connectivity index (χ3v) is 4.38. The van der Waals surface area contributed by atoms with Crippen LogP contribution < -0.4 is 5.32 Å². The third kappa shape index (κ3) is 4.23. The predicted octanol–water partition coefficient (Wildman–Crippen LogP) is 1.15. The van der Waals surface area contributed by atoms with Crippen LogP contribution >= 0.6 is 0 Å². The van der Waals surface area contributed by atoms with Crippen LogP contribution in [0.25, 0.3) is 0 Å². The molecule has 1 N–H and O–H groups in total. The third-order valence-electron chi connectivity index (χ3n) is 4.38. The number of ketones is 1. The van der Waals surface area contributed by atoms with Gasteiger partial charge in [0.1, 0.15) is 5.41 Å². The van der Waals surface area contributed by atoms with Crippen molar-refractivity contribution >= 4 is 29.7 Å². The highest BCUT2D eigenvalue weighted by Gasteiger charge is 2.40. The highest BCUT2D eigenvalue weighted by atomic mass is 16.2. The Balaban J connectivity index is 2.06. The topological polar surface area (TPSA) is 86.8 Å². The van der Waals surface area contributed by atoms with Gasteiger partial charge in [0.25, 0.3) is 0 Å². The molecule has 1 aromatic rings. The fourth-order valence-electron chi connectivity index (χ4n) is 2.63. The number of benzene rings is 1. The van der Waals surface area contributed by atoms with E-state index in [-0.39, 0.29) is 11.7 Å². The van der Waals surface area contributed by atoms with E-state index in [0.717, 1.165) is 6.41 Å². The molecule has 1 aliphatic rings. The van der Waals surface area contributed by atoms with Crippen LogP contribution in [0.2, 0.25) is 0 Å². The number of piperazine rings is 1. The summed E-state index contributed by atoms with van der Waals surface area (Å²) in [5.74, 6) is -0.811. The molecule has 0 saturated carbocycles. The van der Waals surface area contributed by atoms with Gasteiger partial charge in [-0.2, -0.15) is 0 Å². The van der Waals surface area contributed by atoms with E-state index in [1.165, 1.54) is 6.92 Å². The second kappa shape index (κ2) is 7.46. The number of anilines is 1. The van der Waals surface area contributed by atoms with Crippen LogP contribution in [0, 0.1) is 5.41 Å². The molecule has 2 rings (SSSR count). The first kappa shape index (κ1) is 18.6. The van der Waals surface area contributed by atoms with Gasteiger partial charge in [0.2, 0.25) is 18.2 Å². The molecule has 0 atom stereocenters. The minimum absolute atomic E-state index is 0.0977. The van der Waals surface area contributed by atoms with E-state index >= 15 is 0 Å². The molecule has 0 aliphatic carbocycles. The fraction of sp³-hybridized carbons (Fsp3) is 0.444. The minimum atomic E-state index is -1.25. The van der Waals surface area contributed by atoms with Gasteiger partial charge in [-0.1, -0.05) is 12.1 Å². The Hall–Kier alpha value is -2.70. The Kier molecular flexibility index (Phi) is 5.56. The summed E-state index contributed by atoms with van der Waals surface area (Å²) < 4.78 is 0. The number of Topliss-reactive ketones (excluding diaryl/α,β-unsaturated/α-hetero) is 1. The number of hydrogen-bond acceptors (Lipinski definition) is 4. The van der Waals surface area contributed by atoms with Gasteiger partial charge in [-0.3, -0.25) is 19.2 Å². The lowest BCUT2D eigenvalue weighted by Crippen LogP contribution is -2.54. The molecule has 0 aromatic heterocycles. The van der Waals surface area contributed by atoms with Gasteiger partial charge in [-0.25, -0.2) is 0 Å². The lowest BCUT2D eigenvalue weighted by atomic mass is 9.89. The van der Waals surface area contributed by atoms with Crippen LogP contribution in [-0.2, 0) is 14.4 Å². The number of rotatable bonds is 5. The van der Waals surface area contributed by atoms with Crippen molar-refractivity contribution in [1.82, 2.24) is 9.80 Å². The summed E-state index contributed by atoms with van der Waals surface area (Å²) in [5, 5.41) is 2.71. The van der Waals surface area contributed by atoms with Crippen molar-refractivity contribution in [3.05, 3.63) is 29.8 Å². The van der Waals surface area contributed by atoms with Gasteiger partial charge >= 0.3 is 0 Å². The molecule has 1 aromatic carbocycles. The van der Waals surface area contributed by atoms with E-state index in [1.54, 1.807) is 47.9 Å². The Morgan fingerprint density at radius 3 is 2.32 bits per heavy atom. The average molecular weight is 345 g/mol. The summed E-state index contributed by atoms with van der Waals surface area (Å²) in [6.07, 6.45) is 0.766. The lowest BCUT2D eigenvalue weighted by molar-refractivity contribution is -0.148. The van der Waals surface area contributed by atoms with Crippen LogP contribution in [0.1, 0.15) is 31.1 Å². The fourth-order valence-corrected chi connectivity index (χ4v) is 2.63. The van der Waals surface area contributed by atoms with Crippen molar-refractivity contribution in [3.8, 4) is 0 Å². The molecule has 134 valence electrons. The van der Waals surface area contributed by atoms with Crippen molar-refractivity contribution in [2.45, 2.75) is 20.8 Å². The SMILES string of the molecule is CC(=O)c1cccc(NC(=O)C(C)(C)C(=O)N2CCN(C=O)CC2)c1. The van der Waals surface area contributed by atoms with Gasteiger partial charge < -0.3 is 15.1 Å². The number of nitrogens with one attached hydrogen (secondary N) is 1. The first-order valence-electron chi connectivity index (χ1n) is 8.17. The van der Waals surface area contributed by atoms with E-state index in [1.807, 2.05) is 0 Å². The summed E-state index contributed by atoms with van der Waals surface area (Å²) >= 11 is 0. The zero-order valence-corrected chi connectivity index (χ0v) is 14.7. The van der Waals surface area contributed by atoms with Gasteiger partial charge in [0, 0.05) is 37.4 Å². The van der Waals surface area contributed by atoms with E-state index in [9.17, 15) is 19.2 Å². The number of carbonyl (C=O) groups is 4. The largest absolute Gasteiger partial charge is 0.342 e. The molecule has 7 heteroatoms. The van der Waals surface area contributed by atoms with Crippen LogP contribution in [0.5, 0.6) is 0 Å². The van der Waals surface area contributed by atoms with Crippen molar-refractivity contribution in [1.29, 1.82) is 0 Å². The molecule has 0 spiro atoms. The molecule has 0 radical (unpaired) electrons. The first-order valence-corrected chi connectivity index (χ1v) is 8.17. The number of amides is 3. The highest BCUT2D eigenvalue weighted by Crippen LogP contribution is 2.23. The lowest BCUT2D eigenvalue weighted by Gasteiger charge is -2.36. The Morgan fingerprint density at radius 2 is 1.76 bits per heavy atom. The zero-order chi connectivity index (χ0) is 18.6. The minimum Gasteiger partial charge on any atom is -0.342 e. The maximum atomic E-state index is 12.7. The zero-order valence-electron chi connectivity index (χ0n) is 14.7. The molecular weight excluding hydrogens is 322 g/mol. The second-order valence-electron chi connectivity index (χ2n) is 6.65. The number of carbonyl (C=O) groups excluding carboxylic acids is 4. The second-order valence-corrected chi connectivity index (χ2v) is 6.65. The number of nitrogens with zero attached hydrogens (tertiary/aromatic N) is 2. The molecule has 7 nitrogen and oxygen atoms in total. The first-order chi connectivity index (χ1) is 11.8. The Labute approximate surface area is 147 Å². The summed E-state index contributed by atoms with van der Waals surface area (Å²) in [6.45, 7) is 6.36. The molecule has 0 unspecified atom stereocenters. The van der Waals surface area contributed by atoms with Crippen molar-refractivity contribution in [2.75, 3.05) is 31.5 Å². The molecule has 0 bridgehead atoms. The monoisotopic (exact) mass is 345 g/mol. The van der Waals surface area contributed by atoms with Gasteiger partial charge in [0.15, 0.2) is 5.78 Å². The number of hydrogen-bond donors (Lipinski definition) is 1. The summed E-state index contributed by atoms with van der Waals surface area (Å²) in [6, 6.07) is 6.61. The molecule has 1 saturated heterocycles. The molecule has 1 fully saturated rings. The van der Waals surface area contributed by atoms with E-state index in [0.29, 0.717) is 37.4 Å². The molecule has 1 aliphatic heterocycles. The van der Waals surface area contributed by atoms with Crippen molar-refractivity contribution in [2.24, 2.45) is 5.41 Å². The van der Waals surface area contributed by atoms with Crippen molar-refractivity contribution < 1.29 is 19.2 Å².